The summed E-state index contributed by atoms with van der Waals surface area (Å²) >= 11 is 1.55. The Morgan fingerprint density at radius 2 is 2.36 bits per heavy atom. The Morgan fingerprint density at radius 3 is 3.00 bits per heavy atom. The van der Waals surface area contributed by atoms with Crippen LogP contribution in [0.15, 0.2) is 21.8 Å². The number of nitrogens with one attached hydrogen (secondary N) is 1. The largest absolute Gasteiger partial charge is 0.444 e. The molecule has 7 heteroatoms. The third-order valence-corrected chi connectivity index (χ3v) is 3.79. The number of aliphatic hydroxyl groups excluding tert-OH is 1. The maximum Gasteiger partial charge on any atom is 0.410 e. The van der Waals surface area contributed by atoms with E-state index < -0.39 is 11.7 Å². The van der Waals surface area contributed by atoms with Crippen LogP contribution >= 0.6 is 11.3 Å². The highest BCUT2D eigenvalue weighted by Gasteiger charge is 2.25. The maximum atomic E-state index is 12.1. The Bertz CT molecular complexity index is 523. The molecule has 2 N–H and O–H groups in total. The van der Waals surface area contributed by atoms with E-state index in [0.29, 0.717) is 32.0 Å². The summed E-state index contributed by atoms with van der Waals surface area (Å²) < 4.78 is 5.37. The van der Waals surface area contributed by atoms with E-state index in [0.717, 1.165) is 5.56 Å². The summed E-state index contributed by atoms with van der Waals surface area (Å²) in [6.45, 7) is 7.38. The van der Waals surface area contributed by atoms with Crippen molar-refractivity contribution in [1.29, 1.82) is 0 Å². The molecule has 1 aliphatic heterocycles. The smallest absolute Gasteiger partial charge is 0.410 e. The Hall–Kier alpha value is -1.60. The average molecular weight is 325 g/mol. The average Bonchev–Trinajstić information content (AvgIpc) is 2.97. The normalized spacial score (nSPS) is 16.9. The van der Waals surface area contributed by atoms with Gasteiger partial charge >= 0.3 is 6.09 Å². The van der Waals surface area contributed by atoms with Crippen LogP contribution < -0.4 is 5.32 Å². The van der Waals surface area contributed by atoms with E-state index >= 15 is 0 Å². The zero-order chi connectivity index (χ0) is 16.2. The zero-order valence-electron chi connectivity index (χ0n) is 13.2. The summed E-state index contributed by atoms with van der Waals surface area (Å²) in [4.78, 5) is 18.0. The van der Waals surface area contributed by atoms with Gasteiger partial charge in [-0.1, -0.05) is 0 Å². The van der Waals surface area contributed by atoms with Crippen LogP contribution in [0.1, 0.15) is 32.4 Å². The predicted octanol–water partition coefficient (Wildman–Crippen LogP) is 2.02. The van der Waals surface area contributed by atoms with Crippen molar-refractivity contribution in [3.05, 3.63) is 22.4 Å². The molecule has 0 fully saturated rings. The molecule has 1 aromatic heterocycles. The minimum Gasteiger partial charge on any atom is -0.444 e. The molecule has 0 radical (unpaired) electrons. The van der Waals surface area contributed by atoms with E-state index in [-0.39, 0.29) is 6.09 Å². The summed E-state index contributed by atoms with van der Waals surface area (Å²) in [6, 6.07) is 1.90. The molecule has 0 aliphatic carbocycles. The Morgan fingerprint density at radius 1 is 1.59 bits per heavy atom. The fourth-order valence-corrected chi connectivity index (χ4v) is 2.71. The van der Waals surface area contributed by atoms with Crippen molar-refractivity contribution in [1.82, 2.24) is 10.2 Å². The van der Waals surface area contributed by atoms with Crippen LogP contribution in [0.5, 0.6) is 0 Å². The van der Waals surface area contributed by atoms with Crippen LogP contribution in [-0.4, -0.2) is 53.7 Å². The van der Waals surface area contributed by atoms with Crippen molar-refractivity contribution in [3.8, 4) is 0 Å². The van der Waals surface area contributed by atoms with Gasteiger partial charge in [0.1, 0.15) is 11.4 Å². The minimum absolute atomic E-state index is 0.333. The molecular formula is C15H23N3O3S. The van der Waals surface area contributed by atoms with Crippen LogP contribution in [0.25, 0.3) is 0 Å². The Balaban J connectivity index is 1.83. The fourth-order valence-electron chi connectivity index (χ4n) is 2.01. The number of ether oxygens (including phenoxy) is 1. The van der Waals surface area contributed by atoms with Gasteiger partial charge < -0.3 is 15.2 Å². The summed E-state index contributed by atoms with van der Waals surface area (Å²) in [6.07, 6.45) is -0.911. The van der Waals surface area contributed by atoms with Crippen LogP contribution in [0.2, 0.25) is 0 Å². The molecule has 2 heterocycles. The number of aliphatic hydroxyl groups is 1. The number of hydrogen-bond acceptors (Lipinski definition) is 6. The van der Waals surface area contributed by atoms with Gasteiger partial charge in [0, 0.05) is 13.1 Å². The number of carbonyl (C=O) groups is 1. The maximum absolute atomic E-state index is 12.1. The lowest BCUT2D eigenvalue weighted by Crippen LogP contribution is -2.47. The van der Waals surface area contributed by atoms with E-state index in [9.17, 15) is 9.90 Å². The molecule has 1 amide bonds. The molecule has 1 aliphatic rings. The first kappa shape index (κ1) is 16.8. The minimum atomic E-state index is -0.578. The first-order valence-corrected chi connectivity index (χ1v) is 8.25. The third kappa shape index (κ3) is 4.99. The van der Waals surface area contributed by atoms with Gasteiger partial charge in [0.2, 0.25) is 0 Å². The molecule has 0 saturated carbocycles. The SMILES string of the molecule is CC(C)(C)OC(=O)N1CCN=C(NCC(O)c2ccsc2)C1. The number of rotatable bonds is 3. The quantitative estimate of drug-likeness (QED) is 0.892. The Labute approximate surface area is 134 Å². The van der Waals surface area contributed by atoms with Gasteiger partial charge in [-0.3, -0.25) is 9.89 Å². The van der Waals surface area contributed by atoms with E-state index in [1.165, 1.54) is 0 Å². The first-order chi connectivity index (χ1) is 10.3. The summed E-state index contributed by atoms with van der Waals surface area (Å²) in [7, 11) is 0. The van der Waals surface area contributed by atoms with Crippen LogP contribution in [0.4, 0.5) is 4.79 Å². The van der Waals surface area contributed by atoms with E-state index in [1.807, 2.05) is 37.6 Å². The highest BCUT2D eigenvalue weighted by molar-refractivity contribution is 7.07. The fraction of sp³-hybridized carbons (Fsp3) is 0.600. The lowest BCUT2D eigenvalue weighted by Gasteiger charge is -2.30. The summed E-state index contributed by atoms with van der Waals surface area (Å²) in [5.74, 6) is 0.700. The zero-order valence-corrected chi connectivity index (χ0v) is 14.0. The molecule has 6 nitrogen and oxygen atoms in total. The van der Waals surface area contributed by atoms with Gasteiger partial charge in [0.15, 0.2) is 0 Å². The number of amidine groups is 1. The molecule has 22 heavy (non-hydrogen) atoms. The van der Waals surface area contributed by atoms with Gasteiger partial charge in [-0.25, -0.2) is 4.79 Å². The molecular weight excluding hydrogens is 302 g/mol. The van der Waals surface area contributed by atoms with Crippen LogP contribution in [0, 0.1) is 0 Å². The third-order valence-electron chi connectivity index (χ3n) is 3.09. The van der Waals surface area contributed by atoms with Gasteiger partial charge in [0.05, 0.1) is 19.2 Å². The standard InChI is InChI=1S/C15H23N3O3S/c1-15(2,3)21-14(20)18-6-5-16-13(9-18)17-8-12(19)11-4-7-22-10-11/h4,7,10,12,19H,5-6,8-9H2,1-3H3,(H,16,17). The molecule has 2 rings (SSSR count). The molecule has 0 saturated heterocycles. The van der Waals surface area contributed by atoms with Gasteiger partial charge in [0.25, 0.3) is 0 Å². The molecule has 0 aromatic carbocycles. The molecule has 0 spiro atoms. The van der Waals surface area contributed by atoms with Crippen LogP contribution in [0.3, 0.4) is 0 Å². The molecule has 122 valence electrons. The van der Waals surface area contributed by atoms with Crippen molar-refractivity contribution < 1.29 is 14.6 Å². The van der Waals surface area contributed by atoms with Crippen molar-refractivity contribution in [2.24, 2.45) is 4.99 Å². The number of amides is 1. The predicted molar refractivity (Wildman–Crippen MR) is 87.4 cm³/mol. The lowest BCUT2D eigenvalue weighted by atomic mass is 10.2. The molecule has 1 aromatic rings. The van der Waals surface area contributed by atoms with Crippen molar-refractivity contribution in [2.75, 3.05) is 26.2 Å². The summed E-state index contributed by atoms with van der Waals surface area (Å²) in [5, 5.41) is 17.0. The number of thiophene rings is 1. The van der Waals surface area contributed by atoms with E-state index in [1.54, 1.807) is 16.2 Å². The van der Waals surface area contributed by atoms with E-state index in [4.69, 9.17) is 4.74 Å². The molecule has 1 atom stereocenters. The topological polar surface area (TPSA) is 74.2 Å². The highest BCUT2D eigenvalue weighted by atomic mass is 32.1. The van der Waals surface area contributed by atoms with Crippen molar-refractivity contribution >= 4 is 23.3 Å². The number of hydrogen-bond donors (Lipinski definition) is 2. The van der Waals surface area contributed by atoms with Gasteiger partial charge in [-0.15, -0.1) is 0 Å². The molecule has 0 bridgehead atoms. The second-order valence-corrected chi connectivity index (χ2v) is 6.96. The van der Waals surface area contributed by atoms with E-state index in [2.05, 4.69) is 10.3 Å². The number of aliphatic imine (C=N–C) groups is 1. The van der Waals surface area contributed by atoms with Crippen LogP contribution in [-0.2, 0) is 4.74 Å². The monoisotopic (exact) mass is 325 g/mol. The number of nitrogens with zero attached hydrogens (tertiary/aromatic N) is 2. The van der Waals surface area contributed by atoms with Crippen molar-refractivity contribution in [3.63, 3.8) is 0 Å². The number of carbonyl (C=O) groups excluding carboxylic acids is 1. The highest BCUT2D eigenvalue weighted by Crippen LogP contribution is 2.15. The van der Waals surface area contributed by atoms with Crippen molar-refractivity contribution in [2.45, 2.75) is 32.5 Å². The Kier molecular flexibility index (Phi) is 5.42. The van der Waals surface area contributed by atoms with Gasteiger partial charge in [-0.2, -0.15) is 11.3 Å². The van der Waals surface area contributed by atoms with Gasteiger partial charge in [-0.05, 0) is 43.2 Å². The summed E-state index contributed by atoms with van der Waals surface area (Å²) in [5.41, 5.74) is 0.381. The second kappa shape index (κ2) is 7.11. The second-order valence-electron chi connectivity index (χ2n) is 6.18. The first-order valence-electron chi connectivity index (χ1n) is 7.30. The lowest BCUT2D eigenvalue weighted by molar-refractivity contribution is 0.0276. The molecule has 1 unspecified atom stereocenters.